The summed E-state index contributed by atoms with van der Waals surface area (Å²) in [6.45, 7) is 3.84. The molecule has 1 aromatic carbocycles. The minimum absolute atomic E-state index is 0.360. The van der Waals surface area contributed by atoms with Gasteiger partial charge in [0.05, 0.1) is 16.7 Å². The lowest BCUT2D eigenvalue weighted by atomic mass is 9.92. The molecule has 0 aliphatic heterocycles. The summed E-state index contributed by atoms with van der Waals surface area (Å²) in [6.07, 6.45) is 0. The molecule has 17 heavy (non-hydrogen) atoms. The zero-order chi connectivity index (χ0) is 13.1. The highest BCUT2D eigenvalue weighted by molar-refractivity contribution is 6.30. The molecule has 0 atom stereocenters. The van der Waals surface area contributed by atoms with Crippen LogP contribution >= 0.6 is 11.6 Å². The molecule has 4 nitrogen and oxygen atoms in total. The van der Waals surface area contributed by atoms with Gasteiger partial charge in [0, 0.05) is 11.6 Å². The van der Waals surface area contributed by atoms with Gasteiger partial charge in [-0.2, -0.15) is 5.26 Å². The number of nitrogens with two attached hydrogens (primary N) is 1. The van der Waals surface area contributed by atoms with Gasteiger partial charge in [-0.1, -0.05) is 11.6 Å². The Morgan fingerprint density at radius 3 is 2.76 bits per heavy atom. The van der Waals surface area contributed by atoms with Crippen molar-refractivity contribution in [1.82, 2.24) is 0 Å². The number of carbonyl (C=O) groups is 1. The number of nitriles is 1. The number of amides is 1. The van der Waals surface area contributed by atoms with Gasteiger partial charge in [0.25, 0.3) is 0 Å². The fourth-order valence-electron chi connectivity index (χ4n) is 1.17. The van der Waals surface area contributed by atoms with Gasteiger partial charge in [-0.25, -0.2) is 0 Å². The Labute approximate surface area is 105 Å². The third-order valence-electron chi connectivity index (χ3n) is 2.49. The summed E-state index contributed by atoms with van der Waals surface area (Å²) in [5.41, 5.74) is 5.68. The van der Waals surface area contributed by atoms with Gasteiger partial charge in [-0.15, -0.1) is 0 Å². The number of hydrogen-bond donors (Lipinski definition) is 2. The number of anilines is 1. The normalized spacial score (nSPS) is 10.7. The minimum Gasteiger partial charge on any atom is -0.383 e. The van der Waals surface area contributed by atoms with E-state index in [1.807, 2.05) is 6.07 Å². The fourth-order valence-corrected chi connectivity index (χ4v) is 1.34. The van der Waals surface area contributed by atoms with Gasteiger partial charge in [0.2, 0.25) is 5.91 Å². The molecular formula is C12H14ClN3O. The largest absolute Gasteiger partial charge is 0.383 e. The van der Waals surface area contributed by atoms with E-state index in [-0.39, 0.29) is 0 Å². The van der Waals surface area contributed by atoms with Crippen molar-refractivity contribution in [2.24, 2.45) is 11.1 Å². The minimum atomic E-state index is -0.674. The van der Waals surface area contributed by atoms with Crippen molar-refractivity contribution in [1.29, 1.82) is 5.26 Å². The van der Waals surface area contributed by atoms with Crippen LogP contribution in [0.1, 0.15) is 19.4 Å². The maximum atomic E-state index is 11.1. The second-order valence-corrected chi connectivity index (χ2v) is 4.84. The molecule has 5 heteroatoms. The maximum absolute atomic E-state index is 11.1. The molecule has 0 aliphatic rings. The van der Waals surface area contributed by atoms with Crippen molar-refractivity contribution in [2.75, 3.05) is 11.9 Å². The zero-order valence-corrected chi connectivity index (χ0v) is 10.5. The van der Waals surface area contributed by atoms with E-state index in [1.165, 1.54) is 0 Å². The van der Waals surface area contributed by atoms with E-state index < -0.39 is 11.3 Å². The Morgan fingerprint density at radius 1 is 1.59 bits per heavy atom. The highest BCUT2D eigenvalue weighted by Crippen LogP contribution is 2.22. The SMILES string of the molecule is CC(C)(CNc1ccc(Cl)cc1C#N)C(N)=O. The van der Waals surface area contributed by atoms with Crippen LogP contribution in [0.25, 0.3) is 0 Å². The summed E-state index contributed by atoms with van der Waals surface area (Å²) in [4.78, 5) is 11.1. The monoisotopic (exact) mass is 251 g/mol. The smallest absolute Gasteiger partial charge is 0.224 e. The predicted molar refractivity (Wildman–Crippen MR) is 67.6 cm³/mol. The molecule has 1 rings (SSSR count). The third-order valence-corrected chi connectivity index (χ3v) is 2.72. The lowest BCUT2D eigenvalue weighted by molar-refractivity contribution is -0.125. The zero-order valence-electron chi connectivity index (χ0n) is 9.75. The summed E-state index contributed by atoms with van der Waals surface area (Å²) in [5, 5.41) is 12.5. The molecule has 0 radical (unpaired) electrons. The molecule has 0 aliphatic carbocycles. The Balaban J connectivity index is 2.84. The first-order valence-corrected chi connectivity index (χ1v) is 5.48. The van der Waals surface area contributed by atoms with Crippen LogP contribution in [-0.4, -0.2) is 12.5 Å². The van der Waals surface area contributed by atoms with E-state index >= 15 is 0 Å². The highest BCUT2D eigenvalue weighted by Gasteiger charge is 2.24. The molecule has 1 aromatic rings. The fraction of sp³-hybridized carbons (Fsp3) is 0.333. The lowest BCUT2D eigenvalue weighted by Gasteiger charge is -2.21. The first kappa shape index (κ1) is 13.3. The van der Waals surface area contributed by atoms with Crippen LogP contribution in [0.5, 0.6) is 0 Å². The lowest BCUT2D eigenvalue weighted by Crippen LogP contribution is -2.37. The van der Waals surface area contributed by atoms with Crippen LogP contribution in [0.3, 0.4) is 0 Å². The number of nitrogens with zero attached hydrogens (tertiary/aromatic N) is 1. The quantitative estimate of drug-likeness (QED) is 0.860. The molecule has 3 N–H and O–H groups in total. The number of carbonyl (C=O) groups excluding carboxylic acids is 1. The predicted octanol–water partition coefficient (Wildman–Crippen LogP) is 2.14. The molecular weight excluding hydrogens is 238 g/mol. The summed E-state index contributed by atoms with van der Waals surface area (Å²) < 4.78 is 0. The molecule has 0 bridgehead atoms. The number of rotatable bonds is 4. The highest BCUT2D eigenvalue weighted by atomic mass is 35.5. The standard InChI is InChI=1S/C12H14ClN3O/c1-12(2,11(15)17)7-16-10-4-3-9(13)5-8(10)6-14/h3-5,16H,7H2,1-2H3,(H2,15,17). The van der Waals surface area contributed by atoms with E-state index in [1.54, 1.807) is 32.0 Å². The second kappa shape index (κ2) is 5.07. The molecule has 1 amide bonds. The Hall–Kier alpha value is -1.73. The van der Waals surface area contributed by atoms with E-state index in [4.69, 9.17) is 22.6 Å². The molecule has 0 unspecified atom stereocenters. The molecule has 0 fully saturated rings. The van der Waals surface area contributed by atoms with Crippen LogP contribution in [0.15, 0.2) is 18.2 Å². The maximum Gasteiger partial charge on any atom is 0.224 e. The van der Waals surface area contributed by atoms with Crippen molar-refractivity contribution in [3.8, 4) is 6.07 Å². The van der Waals surface area contributed by atoms with Crippen LogP contribution < -0.4 is 11.1 Å². The average Bonchev–Trinajstić information content (AvgIpc) is 2.27. The van der Waals surface area contributed by atoms with Gasteiger partial charge in [0.15, 0.2) is 0 Å². The van der Waals surface area contributed by atoms with E-state index in [2.05, 4.69) is 5.32 Å². The van der Waals surface area contributed by atoms with E-state index in [0.717, 1.165) is 0 Å². The summed E-state index contributed by atoms with van der Waals surface area (Å²) in [7, 11) is 0. The van der Waals surface area contributed by atoms with Crippen molar-refractivity contribution in [2.45, 2.75) is 13.8 Å². The van der Waals surface area contributed by atoms with Gasteiger partial charge in [-0.05, 0) is 32.0 Å². The molecule has 0 spiro atoms. The summed E-state index contributed by atoms with van der Waals surface area (Å²) in [5.74, 6) is -0.391. The molecule has 0 heterocycles. The number of nitrogens with one attached hydrogen (secondary N) is 1. The topological polar surface area (TPSA) is 78.9 Å². The van der Waals surface area contributed by atoms with Crippen molar-refractivity contribution < 1.29 is 4.79 Å². The second-order valence-electron chi connectivity index (χ2n) is 4.40. The Kier molecular flexibility index (Phi) is 3.97. The number of hydrogen-bond acceptors (Lipinski definition) is 3. The van der Waals surface area contributed by atoms with Gasteiger partial charge < -0.3 is 11.1 Å². The van der Waals surface area contributed by atoms with Crippen molar-refractivity contribution >= 4 is 23.2 Å². The third kappa shape index (κ3) is 3.36. The first-order valence-electron chi connectivity index (χ1n) is 5.10. The molecule has 90 valence electrons. The van der Waals surface area contributed by atoms with Gasteiger partial charge in [0.1, 0.15) is 6.07 Å². The van der Waals surface area contributed by atoms with E-state index in [9.17, 15) is 4.79 Å². The first-order chi connectivity index (χ1) is 7.86. The molecule has 0 saturated carbocycles. The Bertz CT molecular complexity index is 477. The van der Waals surface area contributed by atoms with Gasteiger partial charge in [-0.3, -0.25) is 4.79 Å². The average molecular weight is 252 g/mol. The summed E-state index contributed by atoms with van der Waals surface area (Å²) in [6, 6.07) is 7.00. The van der Waals surface area contributed by atoms with Gasteiger partial charge >= 0.3 is 0 Å². The number of benzene rings is 1. The van der Waals surface area contributed by atoms with Crippen LogP contribution in [-0.2, 0) is 4.79 Å². The summed E-state index contributed by atoms with van der Waals surface area (Å²) >= 11 is 5.78. The number of halogens is 1. The van der Waals surface area contributed by atoms with Crippen LogP contribution in [0.2, 0.25) is 5.02 Å². The molecule has 0 saturated heterocycles. The van der Waals surface area contributed by atoms with Crippen LogP contribution in [0, 0.1) is 16.7 Å². The number of primary amides is 1. The molecule has 0 aromatic heterocycles. The van der Waals surface area contributed by atoms with Crippen LogP contribution in [0.4, 0.5) is 5.69 Å². The van der Waals surface area contributed by atoms with Crippen molar-refractivity contribution in [3.05, 3.63) is 28.8 Å². The van der Waals surface area contributed by atoms with Crippen molar-refractivity contribution in [3.63, 3.8) is 0 Å². The van der Waals surface area contributed by atoms with E-state index in [0.29, 0.717) is 22.8 Å². The Morgan fingerprint density at radius 2 is 2.24 bits per heavy atom.